The van der Waals surface area contributed by atoms with E-state index in [1.54, 1.807) is 11.3 Å². The van der Waals surface area contributed by atoms with E-state index in [0.29, 0.717) is 24.5 Å². The van der Waals surface area contributed by atoms with Gasteiger partial charge in [0.1, 0.15) is 10.6 Å². The van der Waals surface area contributed by atoms with E-state index in [0.717, 1.165) is 73.7 Å². The Hall–Kier alpha value is -2.42. The van der Waals surface area contributed by atoms with Crippen LogP contribution in [0.15, 0.2) is 35.7 Å². The van der Waals surface area contributed by atoms with Crippen molar-refractivity contribution in [3.05, 3.63) is 35.7 Å². The molecule has 3 heterocycles. The molecule has 164 valence electrons. The van der Waals surface area contributed by atoms with Crippen LogP contribution in [-0.2, 0) is 4.74 Å². The van der Waals surface area contributed by atoms with Crippen LogP contribution in [0.2, 0.25) is 0 Å². The molecule has 1 aliphatic carbocycles. The lowest BCUT2D eigenvalue weighted by atomic mass is 9.86. The fraction of sp³-hybridized carbons (Fsp3) is 0.478. The van der Waals surface area contributed by atoms with E-state index in [1.165, 1.54) is 5.69 Å². The summed E-state index contributed by atoms with van der Waals surface area (Å²) >= 11 is 1.63. The second-order valence-electron chi connectivity index (χ2n) is 8.35. The van der Waals surface area contributed by atoms with Gasteiger partial charge in [-0.25, -0.2) is 4.98 Å². The van der Waals surface area contributed by atoms with Crippen molar-refractivity contribution < 1.29 is 9.84 Å². The standard InChI is InChI=1S/C23H29N5O2S/c29-15-16-1-3-17(4-2-16)24-21-20-9-14-31-22(20)27-23(26-21)25-18-5-7-19(8-6-18)28-10-12-30-13-11-28/h5-9,14,16-17,29H,1-4,10-13,15H2,(H2,24,25,26,27). The van der Waals surface area contributed by atoms with Gasteiger partial charge in [-0.15, -0.1) is 11.3 Å². The molecular weight excluding hydrogens is 410 g/mol. The molecule has 0 atom stereocenters. The van der Waals surface area contributed by atoms with Gasteiger partial charge >= 0.3 is 0 Å². The van der Waals surface area contributed by atoms with E-state index in [2.05, 4.69) is 51.2 Å². The predicted octanol–water partition coefficient (Wildman–Crippen LogP) is 4.23. The summed E-state index contributed by atoms with van der Waals surface area (Å²) in [6.45, 7) is 3.73. The number of hydrogen-bond acceptors (Lipinski definition) is 8. The number of thiophene rings is 1. The Kier molecular flexibility index (Phi) is 6.20. The minimum absolute atomic E-state index is 0.299. The second-order valence-corrected chi connectivity index (χ2v) is 9.25. The van der Waals surface area contributed by atoms with Crippen LogP contribution < -0.4 is 15.5 Å². The lowest BCUT2D eigenvalue weighted by Crippen LogP contribution is -2.36. The van der Waals surface area contributed by atoms with Crippen molar-refractivity contribution in [3.8, 4) is 0 Å². The van der Waals surface area contributed by atoms with Crippen LogP contribution >= 0.6 is 11.3 Å². The highest BCUT2D eigenvalue weighted by atomic mass is 32.1. The number of aliphatic hydroxyl groups is 1. The number of nitrogens with zero attached hydrogens (tertiary/aromatic N) is 3. The number of nitrogens with one attached hydrogen (secondary N) is 2. The molecular formula is C23H29N5O2S. The number of morpholine rings is 1. The summed E-state index contributed by atoms with van der Waals surface area (Å²) in [4.78, 5) is 12.9. The van der Waals surface area contributed by atoms with Crippen molar-refractivity contribution in [1.82, 2.24) is 9.97 Å². The number of hydrogen-bond donors (Lipinski definition) is 3. The zero-order valence-electron chi connectivity index (χ0n) is 17.6. The molecule has 1 aliphatic heterocycles. The summed E-state index contributed by atoms with van der Waals surface area (Å²) in [7, 11) is 0. The smallest absolute Gasteiger partial charge is 0.230 e. The lowest BCUT2D eigenvalue weighted by molar-refractivity contribution is 0.122. The van der Waals surface area contributed by atoms with E-state index in [4.69, 9.17) is 14.7 Å². The van der Waals surface area contributed by atoms with E-state index in [9.17, 15) is 5.11 Å². The molecule has 2 aliphatic rings. The van der Waals surface area contributed by atoms with Gasteiger partial charge in [0.05, 0.1) is 18.6 Å². The molecule has 1 aromatic carbocycles. The maximum absolute atomic E-state index is 9.39. The quantitative estimate of drug-likeness (QED) is 0.530. The molecule has 0 amide bonds. The summed E-state index contributed by atoms with van der Waals surface area (Å²) in [6, 6.07) is 10.9. The Bertz CT molecular complexity index is 995. The van der Waals surface area contributed by atoms with Crippen LogP contribution in [0.5, 0.6) is 0 Å². The van der Waals surface area contributed by atoms with Gasteiger partial charge in [-0.05, 0) is 67.3 Å². The molecule has 0 bridgehead atoms. The number of benzene rings is 1. The number of ether oxygens (including phenoxy) is 1. The average Bonchev–Trinajstić information content (AvgIpc) is 3.30. The summed E-state index contributed by atoms with van der Waals surface area (Å²) < 4.78 is 5.44. The zero-order chi connectivity index (χ0) is 21.0. The molecule has 0 unspecified atom stereocenters. The third kappa shape index (κ3) is 4.76. The minimum Gasteiger partial charge on any atom is -0.396 e. The molecule has 3 aromatic rings. The fourth-order valence-corrected chi connectivity index (χ4v) is 5.17. The van der Waals surface area contributed by atoms with Crippen molar-refractivity contribution in [3.63, 3.8) is 0 Å². The first-order chi connectivity index (χ1) is 15.3. The molecule has 31 heavy (non-hydrogen) atoms. The summed E-state index contributed by atoms with van der Waals surface area (Å²) in [5, 5.41) is 19.6. The summed E-state index contributed by atoms with van der Waals surface area (Å²) in [6.07, 6.45) is 4.25. The first-order valence-electron chi connectivity index (χ1n) is 11.1. The van der Waals surface area contributed by atoms with Crippen LogP contribution in [0.3, 0.4) is 0 Å². The van der Waals surface area contributed by atoms with Gasteiger partial charge in [0.25, 0.3) is 0 Å². The number of fused-ring (bicyclic) bond motifs is 1. The van der Waals surface area contributed by atoms with Crippen molar-refractivity contribution in [1.29, 1.82) is 0 Å². The Morgan fingerprint density at radius 2 is 1.81 bits per heavy atom. The van der Waals surface area contributed by atoms with Crippen molar-refractivity contribution in [2.45, 2.75) is 31.7 Å². The van der Waals surface area contributed by atoms with Crippen molar-refractivity contribution >= 4 is 44.7 Å². The van der Waals surface area contributed by atoms with Crippen molar-refractivity contribution in [2.24, 2.45) is 5.92 Å². The number of aromatic nitrogens is 2. The van der Waals surface area contributed by atoms with E-state index in [1.807, 2.05) is 0 Å². The SMILES string of the molecule is OCC1CCC(Nc2nc(Nc3ccc(N4CCOCC4)cc3)nc3sccc23)CC1. The van der Waals surface area contributed by atoms with Gasteiger partial charge in [0.2, 0.25) is 5.95 Å². The maximum atomic E-state index is 9.39. The summed E-state index contributed by atoms with van der Waals surface area (Å²) in [5.74, 6) is 1.95. The van der Waals surface area contributed by atoms with E-state index < -0.39 is 0 Å². The van der Waals surface area contributed by atoms with Gasteiger partial charge in [-0.2, -0.15) is 4.98 Å². The lowest BCUT2D eigenvalue weighted by Gasteiger charge is -2.29. The third-order valence-electron chi connectivity index (χ3n) is 6.27. The molecule has 2 fully saturated rings. The zero-order valence-corrected chi connectivity index (χ0v) is 18.4. The van der Waals surface area contributed by atoms with Crippen molar-refractivity contribution in [2.75, 3.05) is 48.4 Å². The van der Waals surface area contributed by atoms with Crippen LogP contribution in [0.4, 0.5) is 23.1 Å². The van der Waals surface area contributed by atoms with Gasteiger partial charge in [0, 0.05) is 37.1 Å². The van der Waals surface area contributed by atoms with Crippen LogP contribution in [0.25, 0.3) is 10.2 Å². The minimum atomic E-state index is 0.299. The number of aliphatic hydroxyl groups excluding tert-OH is 1. The summed E-state index contributed by atoms with van der Waals surface area (Å²) in [5.41, 5.74) is 2.19. The molecule has 8 heteroatoms. The molecule has 2 aromatic heterocycles. The molecule has 3 N–H and O–H groups in total. The highest BCUT2D eigenvalue weighted by Crippen LogP contribution is 2.31. The van der Waals surface area contributed by atoms with Gasteiger partial charge in [-0.1, -0.05) is 0 Å². The first-order valence-corrected chi connectivity index (χ1v) is 12.0. The monoisotopic (exact) mass is 439 g/mol. The highest BCUT2D eigenvalue weighted by Gasteiger charge is 2.22. The molecule has 0 radical (unpaired) electrons. The molecule has 5 rings (SSSR count). The second kappa shape index (κ2) is 9.38. The highest BCUT2D eigenvalue weighted by molar-refractivity contribution is 7.16. The molecule has 7 nitrogen and oxygen atoms in total. The normalized spacial score (nSPS) is 21.9. The van der Waals surface area contributed by atoms with E-state index in [-0.39, 0.29) is 0 Å². The maximum Gasteiger partial charge on any atom is 0.230 e. The molecule has 0 spiro atoms. The average molecular weight is 440 g/mol. The Morgan fingerprint density at radius 3 is 2.55 bits per heavy atom. The van der Waals surface area contributed by atoms with E-state index >= 15 is 0 Å². The van der Waals surface area contributed by atoms with Gasteiger partial charge < -0.3 is 25.4 Å². The first kappa shape index (κ1) is 20.5. The molecule has 1 saturated heterocycles. The van der Waals surface area contributed by atoms with Crippen LogP contribution in [0.1, 0.15) is 25.7 Å². The Balaban J connectivity index is 1.31. The Labute approximate surface area is 186 Å². The van der Waals surface area contributed by atoms with Gasteiger partial charge in [-0.3, -0.25) is 0 Å². The molecule has 1 saturated carbocycles. The third-order valence-corrected chi connectivity index (χ3v) is 7.08. The van der Waals surface area contributed by atoms with Crippen LogP contribution in [-0.4, -0.2) is 54.0 Å². The number of anilines is 4. The van der Waals surface area contributed by atoms with Crippen LogP contribution in [0, 0.1) is 5.92 Å². The topological polar surface area (TPSA) is 82.5 Å². The largest absolute Gasteiger partial charge is 0.396 e. The van der Waals surface area contributed by atoms with Gasteiger partial charge in [0.15, 0.2) is 0 Å². The fourth-order valence-electron chi connectivity index (χ4n) is 4.41. The number of rotatable bonds is 6. The predicted molar refractivity (Wildman–Crippen MR) is 127 cm³/mol. The Morgan fingerprint density at radius 1 is 1.03 bits per heavy atom.